The third-order valence-corrected chi connectivity index (χ3v) is 5.97. The Balaban J connectivity index is 1.53. The van der Waals surface area contributed by atoms with E-state index < -0.39 is 0 Å². The Morgan fingerprint density at radius 1 is 1.21 bits per heavy atom. The molecule has 7 nitrogen and oxygen atoms in total. The molecule has 3 aromatic rings. The number of aromatic nitrogens is 4. The number of aromatic amines is 1. The zero-order chi connectivity index (χ0) is 19.3. The van der Waals surface area contributed by atoms with E-state index in [2.05, 4.69) is 27.6 Å². The molecule has 2 N–H and O–H groups in total. The minimum atomic E-state index is 0.111. The van der Waals surface area contributed by atoms with Crippen LogP contribution in [0.4, 0.5) is 11.5 Å². The molecular formula is C21H24N6O. The molecule has 2 aliphatic rings. The summed E-state index contributed by atoms with van der Waals surface area (Å²) in [7, 11) is 1.98. The number of benzene rings is 1. The molecule has 1 aliphatic heterocycles. The smallest absolute Gasteiger partial charge is 0.219 e. The summed E-state index contributed by atoms with van der Waals surface area (Å²) in [5.41, 5.74) is 8.55. The molecule has 0 unspecified atom stereocenters. The number of nitrogens with one attached hydrogen (secondary N) is 2. The second-order valence-electron chi connectivity index (χ2n) is 7.72. The lowest BCUT2D eigenvalue weighted by molar-refractivity contribution is -0.129. The standard InChI is InChI=1S/C21H24N6O/c1-13(28)27-7-6-20-19(12-27)21(25-26(20)2)24-16-8-14-4-3-5-17(14)18(9-16)15-10-22-23-11-15/h8-11H,3-7,12H2,1-2H3,(H,22,23)(H,24,25). The van der Waals surface area contributed by atoms with Gasteiger partial charge in [-0.05, 0) is 48.1 Å². The highest BCUT2D eigenvalue weighted by atomic mass is 16.2. The second-order valence-corrected chi connectivity index (χ2v) is 7.72. The molecule has 0 spiro atoms. The predicted octanol–water partition coefficient (Wildman–Crippen LogP) is 2.95. The summed E-state index contributed by atoms with van der Waals surface area (Å²) in [6.07, 6.45) is 8.08. The van der Waals surface area contributed by atoms with Gasteiger partial charge in [0.05, 0.1) is 12.7 Å². The van der Waals surface area contributed by atoms with Gasteiger partial charge in [0.2, 0.25) is 5.91 Å². The number of hydrogen-bond donors (Lipinski definition) is 2. The number of amides is 1. The van der Waals surface area contributed by atoms with Gasteiger partial charge in [0.25, 0.3) is 0 Å². The fourth-order valence-corrected chi connectivity index (χ4v) is 4.53. The van der Waals surface area contributed by atoms with Gasteiger partial charge in [-0.3, -0.25) is 14.6 Å². The summed E-state index contributed by atoms with van der Waals surface area (Å²) >= 11 is 0. The third-order valence-electron chi connectivity index (χ3n) is 5.97. The van der Waals surface area contributed by atoms with E-state index in [4.69, 9.17) is 5.10 Å². The van der Waals surface area contributed by atoms with E-state index in [1.807, 2.05) is 29.0 Å². The summed E-state index contributed by atoms with van der Waals surface area (Å²) in [6, 6.07) is 4.44. The van der Waals surface area contributed by atoms with E-state index in [1.165, 1.54) is 28.8 Å². The molecule has 1 aliphatic carbocycles. The van der Waals surface area contributed by atoms with Gasteiger partial charge in [-0.15, -0.1) is 0 Å². The number of nitrogens with zero attached hydrogens (tertiary/aromatic N) is 4. The van der Waals surface area contributed by atoms with Crippen LogP contribution in [0, 0.1) is 0 Å². The van der Waals surface area contributed by atoms with Crippen molar-refractivity contribution in [2.75, 3.05) is 11.9 Å². The van der Waals surface area contributed by atoms with Gasteiger partial charge in [-0.1, -0.05) is 0 Å². The van der Waals surface area contributed by atoms with Crippen molar-refractivity contribution >= 4 is 17.4 Å². The highest BCUT2D eigenvalue weighted by Crippen LogP contribution is 2.36. The predicted molar refractivity (Wildman–Crippen MR) is 107 cm³/mol. The summed E-state index contributed by atoms with van der Waals surface area (Å²) in [4.78, 5) is 13.7. The first-order chi connectivity index (χ1) is 13.6. The number of H-pyrrole nitrogens is 1. The maximum Gasteiger partial charge on any atom is 0.219 e. The van der Waals surface area contributed by atoms with E-state index in [-0.39, 0.29) is 5.91 Å². The van der Waals surface area contributed by atoms with Crippen LogP contribution in [0.1, 0.15) is 35.7 Å². The van der Waals surface area contributed by atoms with Gasteiger partial charge in [-0.25, -0.2) is 0 Å². The molecule has 7 heteroatoms. The highest BCUT2D eigenvalue weighted by Gasteiger charge is 2.26. The van der Waals surface area contributed by atoms with Gasteiger partial charge in [-0.2, -0.15) is 10.2 Å². The fourth-order valence-electron chi connectivity index (χ4n) is 4.53. The van der Waals surface area contributed by atoms with E-state index in [1.54, 1.807) is 6.92 Å². The third kappa shape index (κ3) is 2.78. The molecule has 0 bridgehead atoms. The summed E-state index contributed by atoms with van der Waals surface area (Å²) in [5.74, 6) is 0.958. The molecule has 0 saturated carbocycles. The first-order valence-corrected chi connectivity index (χ1v) is 9.82. The van der Waals surface area contributed by atoms with Crippen LogP contribution in [-0.2, 0) is 37.6 Å². The van der Waals surface area contributed by atoms with Crippen LogP contribution in [-0.4, -0.2) is 37.3 Å². The number of aryl methyl sites for hydroxylation is 2. The normalized spacial score (nSPS) is 15.4. The Morgan fingerprint density at radius 3 is 2.89 bits per heavy atom. The van der Waals surface area contributed by atoms with E-state index in [9.17, 15) is 4.79 Å². The van der Waals surface area contributed by atoms with Crippen LogP contribution in [0.2, 0.25) is 0 Å². The van der Waals surface area contributed by atoms with Crippen LogP contribution in [0.25, 0.3) is 11.1 Å². The van der Waals surface area contributed by atoms with Gasteiger partial charge in [0.1, 0.15) is 0 Å². The molecule has 28 heavy (non-hydrogen) atoms. The molecule has 3 heterocycles. The lowest BCUT2D eigenvalue weighted by Crippen LogP contribution is -2.34. The van der Waals surface area contributed by atoms with E-state index in [0.717, 1.165) is 48.4 Å². The fraction of sp³-hybridized carbons (Fsp3) is 0.381. The zero-order valence-electron chi connectivity index (χ0n) is 16.2. The van der Waals surface area contributed by atoms with Crippen molar-refractivity contribution in [2.45, 2.75) is 39.2 Å². The van der Waals surface area contributed by atoms with Crippen molar-refractivity contribution in [1.29, 1.82) is 0 Å². The average molecular weight is 376 g/mol. The van der Waals surface area contributed by atoms with Crippen LogP contribution in [0.3, 0.4) is 0 Å². The Labute approximate surface area is 163 Å². The van der Waals surface area contributed by atoms with Crippen molar-refractivity contribution in [3.8, 4) is 11.1 Å². The Morgan fingerprint density at radius 2 is 2.11 bits per heavy atom. The summed E-state index contributed by atoms with van der Waals surface area (Å²) < 4.78 is 1.94. The number of fused-ring (bicyclic) bond motifs is 2. The lowest BCUT2D eigenvalue weighted by Gasteiger charge is -2.26. The molecule has 0 saturated heterocycles. The molecule has 5 rings (SSSR count). The summed E-state index contributed by atoms with van der Waals surface area (Å²) in [5, 5.41) is 15.3. The molecule has 0 atom stereocenters. The highest BCUT2D eigenvalue weighted by molar-refractivity contribution is 5.77. The molecule has 144 valence electrons. The number of carbonyl (C=O) groups excluding carboxylic acids is 1. The van der Waals surface area contributed by atoms with E-state index in [0.29, 0.717) is 6.54 Å². The van der Waals surface area contributed by atoms with Crippen molar-refractivity contribution < 1.29 is 4.79 Å². The first-order valence-electron chi connectivity index (χ1n) is 9.82. The summed E-state index contributed by atoms with van der Waals surface area (Å²) in [6.45, 7) is 3.00. The van der Waals surface area contributed by atoms with E-state index >= 15 is 0 Å². The van der Waals surface area contributed by atoms with Crippen molar-refractivity contribution in [1.82, 2.24) is 24.9 Å². The van der Waals surface area contributed by atoms with Crippen molar-refractivity contribution in [2.24, 2.45) is 7.05 Å². The quantitative estimate of drug-likeness (QED) is 0.737. The average Bonchev–Trinajstić information content (AvgIpc) is 3.42. The molecule has 0 fully saturated rings. The maximum absolute atomic E-state index is 11.9. The monoisotopic (exact) mass is 376 g/mol. The number of carbonyl (C=O) groups is 1. The first kappa shape index (κ1) is 17.0. The Bertz CT molecular complexity index is 1050. The second kappa shape index (κ2) is 6.51. The molecular weight excluding hydrogens is 352 g/mol. The Hall–Kier alpha value is -3.09. The van der Waals surface area contributed by atoms with Crippen LogP contribution in [0.15, 0.2) is 24.5 Å². The largest absolute Gasteiger partial charge is 0.338 e. The molecule has 1 amide bonds. The Kier molecular flexibility index (Phi) is 3.96. The van der Waals surface area contributed by atoms with Gasteiger partial charge < -0.3 is 10.2 Å². The molecule has 0 radical (unpaired) electrons. The maximum atomic E-state index is 11.9. The number of rotatable bonds is 3. The molecule has 1 aromatic carbocycles. The van der Waals surface area contributed by atoms with Gasteiger partial charge >= 0.3 is 0 Å². The minimum Gasteiger partial charge on any atom is -0.338 e. The molecule has 2 aromatic heterocycles. The van der Waals surface area contributed by atoms with Crippen LogP contribution >= 0.6 is 0 Å². The van der Waals surface area contributed by atoms with Gasteiger partial charge in [0.15, 0.2) is 5.82 Å². The van der Waals surface area contributed by atoms with Crippen LogP contribution in [0.5, 0.6) is 0 Å². The lowest BCUT2D eigenvalue weighted by atomic mass is 9.98. The number of anilines is 2. The number of hydrogen-bond acceptors (Lipinski definition) is 4. The van der Waals surface area contributed by atoms with Crippen LogP contribution < -0.4 is 5.32 Å². The zero-order valence-corrected chi connectivity index (χ0v) is 16.2. The SMILES string of the molecule is CC(=O)N1CCc2c(c(Nc3cc4c(c(-c5cn[nH]c5)c3)CCC4)nn2C)C1. The van der Waals surface area contributed by atoms with Crippen molar-refractivity contribution in [3.63, 3.8) is 0 Å². The van der Waals surface area contributed by atoms with Crippen molar-refractivity contribution in [3.05, 3.63) is 46.9 Å². The topological polar surface area (TPSA) is 78.8 Å². The van der Waals surface area contributed by atoms with Gasteiger partial charge in [0, 0.05) is 55.6 Å². The minimum absolute atomic E-state index is 0.111.